The van der Waals surface area contributed by atoms with Gasteiger partial charge in [0.2, 0.25) is 0 Å². The molecule has 1 unspecified atom stereocenters. The molecule has 1 aromatic carbocycles. The van der Waals surface area contributed by atoms with Crippen molar-refractivity contribution in [1.82, 2.24) is 5.32 Å². The molecule has 96 valence electrons. The predicted molar refractivity (Wildman–Crippen MR) is 76.3 cm³/mol. The Labute approximate surface area is 113 Å². The third-order valence-electron chi connectivity index (χ3n) is 2.76. The second kappa shape index (κ2) is 8.67. The fourth-order valence-electron chi connectivity index (χ4n) is 1.88. The maximum absolute atomic E-state index is 5.12. The number of ether oxygens (including phenoxy) is 1. The van der Waals surface area contributed by atoms with Crippen molar-refractivity contribution < 1.29 is 4.74 Å². The van der Waals surface area contributed by atoms with Gasteiger partial charge in [0, 0.05) is 24.2 Å². The highest BCUT2D eigenvalue weighted by Gasteiger charge is 2.12. The third kappa shape index (κ3) is 5.19. The molecule has 0 aliphatic carbocycles. The fraction of sp³-hybridized carbons (Fsp3) is 0.571. The minimum absolute atomic E-state index is 0.417. The topological polar surface area (TPSA) is 21.3 Å². The molecule has 3 heteroatoms. The van der Waals surface area contributed by atoms with Crippen LogP contribution in [0.2, 0.25) is 0 Å². The molecule has 1 atom stereocenters. The Morgan fingerprint density at radius 3 is 2.76 bits per heavy atom. The van der Waals surface area contributed by atoms with E-state index in [4.69, 9.17) is 4.74 Å². The summed E-state index contributed by atoms with van der Waals surface area (Å²) < 4.78 is 6.31. The molecular weight excluding hydrogens is 278 g/mol. The maximum atomic E-state index is 5.12. The Morgan fingerprint density at radius 2 is 2.12 bits per heavy atom. The van der Waals surface area contributed by atoms with Gasteiger partial charge in [-0.15, -0.1) is 0 Å². The number of rotatable bonds is 8. The second-order valence-corrected chi connectivity index (χ2v) is 5.02. The van der Waals surface area contributed by atoms with E-state index in [0.29, 0.717) is 6.04 Å². The molecular formula is C14H22BrNO. The zero-order valence-electron chi connectivity index (χ0n) is 10.7. The maximum Gasteiger partial charge on any atom is 0.0462 e. The van der Waals surface area contributed by atoms with Gasteiger partial charge in [0.25, 0.3) is 0 Å². The van der Waals surface area contributed by atoms with Gasteiger partial charge in [-0.25, -0.2) is 0 Å². The van der Waals surface area contributed by atoms with Crippen LogP contribution in [0.4, 0.5) is 0 Å². The van der Waals surface area contributed by atoms with Crippen LogP contribution in [-0.4, -0.2) is 20.3 Å². The number of methoxy groups -OCH3 is 1. The molecule has 0 heterocycles. The van der Waals surface area contributed by atoms with Crippen LogP contribution in [-0.2, 0) is 4.74 Å². The van der Waals surface area contributed by atoms with E-state index < -0.39 is 0 Å². The molecule has 0 aliphatic heterocycles. The molecule has 2 nitrogen and oxygen atoms in total. The van der Waals surface area contributed by atoms with Gasteiger partial charge in [-0.3, -0.25) is 0 Å². The van der Waals surface area contributed by atoms with Crippen LogP contribution >= 0.6 is 15.9 Å². The summed E-state index contributed by atoms with van der Waals surface area (Å²) in [5.41, 5.74) is 1.34. The highest BCUT2D eigenvalue weighted by Crippen LogP contribution is 2.26. The number of halogens is 1. The summed E-state index contributed by atoms with van der Waals surface area (Å²) in [4.78, 5) is 0. The number of benzene rings is 1. The van der Waals surface area contributed by atoms with Crippen molar-refractivity contribution in [1.29, 1.82) is 0 Å². The normalized spacial score (nSPS) is 12.6. The number of hydrogen-bond donors (Lipinski definition) is 1. The van der Waals surface area contributed by atoms with E-state index in [2.05, 4.69) is 52.4 Å². The number of hydrogen-bond acceptors (Lipinski definition) is 2. The molecule has 1 N–H and O–H groups in total. The molecule has 0 radical (unpaired) electrons. The van der Waals surface area contributed by atoms with E-state index in [1.54, 1.807) is 7.11 Å². The van der Waals surface area contributed by atoms with Gasteiger partial charge in [-0.05, 0) is 37.4 Å². The first-order valence-electron chi connectivity index (χ1n) is 6.26. The predicted octanol–water partition coefficient (Wildman–Crippen LogP) is 3.92. The van der Waals surface area contributed by atoms with E-state index in [0.717, 1.165) is 32.4 Å². The van der Waals surface area contributed by atoms with Crippen LogP contribution in [0, 0.1) is 0 Å². The molecule has 1 rings (SSSR count). The van der Waals surface area contributed by atoms with E-state index in [1.807, 2.05) is 0 Å². The van der Waals surface area contributed by atoms with Crippen LogP contribution in [0.1, 0.15) is 37.8 Å². The summed E-state index contributed by atoms with van der Waals surface area (Å²) in [5, 5.41) is 3.60. The standard InChI is InChI=1S/C14H22BrNO/c1-3-10-16-14(9-6-11-17-2)12-7-4-5-8-13(12)15/h4-5,7-8,14,16H,3,6,9-11H2,1-2H3. The van der Waals surface area contributed by atoms with Crippen molar-refractivity contribution in [2.45, 2.75) is 32.2 Å². The number of nitrogens with one attached hydrogen (secondary N) is 1. The molecule has 0 spiro atoms. The monoisotopic (exact) mass is 299 g/mol. The van der Waals surface area contributed by atoms with Crippen LogP contribution in [0.5, 0.6) is 0 Å². The van der Waals surface area contributed by atoms with Crippen molar-refractivity contribution in [2.24, 2.45) is 0 Å². The molecule has 0 aromatic heterocycles. The Bertz CT molecular complexity index is 317. The summed E-state index contributed by atoms with van der Waals surface area (Å²) in [6, 6.07) is 8.85. The molecule has 0 amide bonds. The lowest BCUT2D eigenvalue weighted by Gasteiger charge is -2.20. The summed E-state index contributed by atoms with van der Waals surface area (Å²) in [5.74, 6) is 0. The van der Waals surface area contributed by atoms with Crippen molar-refractivity contribution in [3.63, 3.8) is 0 Å². The smallest absolute Gasteiger partial charge is 0.0462 e. The zero-order chi connectivity index (χ0) is 12.5. The highest BCUT2D eigenvalue weighted by molar-refractivity contribution is 9.10. The first kappa shape index (κ1) is 14.7. The SMILES string of the molecule is CCCNC(CCCOC)c1ccccc1Br. The van der Waals surface area contributed by atoms with Gasteiger partial charge in [0.15, 0.2) is 0 Å². The fourth-order valence-corrected chi connectivity index (χ4v) is 2.44. The van der Waals surface area contributed by atoms with Crippen LogP contribution in [0.15, 0.2) is 28.7 Å². The largest absolute Gasteiger partial charge is 0.385 e. The van der Waals surface area contributed by atoms with E-state index in [-0.39, 0.29) is 0 Å². The van der Waals surface area contributed by atoms with E-state index >= 15 is 0 Å². The molecule has 1 aromatic rings. The zero-order valence-corrected chi connectivity index (χ0v) is 12.3. The molecule has 0 saturated carbocycles. The van der Waals surface area contributed by atoms with Crippen molar-refractivity contribution >= 4 is 15.9 Å². The Kier molecular flexibility index (Phi) is 7.49. The molecule has 0 bridgehead atoms. The average molecular weight is 300 g/mol. The average Bonchev–Trinajstić information content (AvgIpc) is 2.35. The summed E-state index contributed by atoms with van der Waals surface area (Å²) in [6.07, 6.45) is 3.35. The van der Waals surface area contributed by atoms with Crippen LogP contribution in [0.25, 0.3) is 0 Å². The van der Waals surface area contributed by atoms with Crippen molar-refractivity contribution in [3.8, 4) is 0 Å². The van der Waals surface area contributed by atoms with Gasteiger partial charge in [-0.2, -0.15) is 0 Å². The lowest BCUT2D eigenvalue weighted by molar-refractivity contribution is 0.188. The first-order chi connectivity index (χ1) is 8.29. The minimum atomic E-state index is 0.417. The van der Waals surface area contributed by atoms with Crippen LogP contribution < -0.4 is 5.32 Å². The van der Waals surface area contributed by atoms with Gasteiger partial charge < -0.3 is 10.1 Å². The van der Waals surface area contributed by atoms with Gasteiger partial charge in [-0.1, -0.05) is 41.1 Å². The quantitative estimate of drug-likeness (QED) is 0.735. The lowest BCUT2D eigenvalue weighted by Crippen LogP contribution is -2.22. The second-order valence-electron chi connectivity index (χ2n) is 4.16. The van der Waals surface area contributed by atoms with Crippen LogP contribution in [0.3, 0.4) is 0 Å². The van der Waals surface area contributed by atoms with Crippen molar-refractivity contribution in [2.75, 3.05) is 20.3 Å². The van der Waals surface area contributed by atoms with Gasteiger partial charge in [0.1, 0.15) is 0 Å². The Morgan fingerprint density at radius 1 is 1.35 bits per heavy atom. The first-order valence-corrected chi connectivity index (χ1v) is 7.05. The molecule has 0 saturated heterocycles. The Hall–Kier alpha value is -0.380. The molecule has 0 aliphatic rings. The summed E-state index contributed by atoms with van der Waals surface area (Å²) in [6.45, 7) is 4.08. The van der Waals surface area contributed by atoms with E-state index in [1.165, 1.54) is 10.0 Å². The Balaban J connectivity index is 2.64. The summed E-state index contributed by atoms with van der Waals surface area (Å²) >= 11 is 3.63. The summed E-state index contributed by atoms with van der Waals surface area (Å²) in [7, 11) is 1.76. The molecule has 17 heavy (non-hydrogen) atoms. The third-order valence-corrected chi connectivity index (χ3v) is 3.48. The van der Waals surface area contributed by atoms with E-state index in [9.17, 15) is 0 Å². The lowest BCUT2D eigenvalue weighted by atomic mass is 10.0. The molecule has 0 fully saturated rings. The minimum Gasteiger partial charge on any atom is -0.385 e. The van der Waals surface area contributed by atoms with Gasteiger partial charge in [0.05, 0.1) is 0 Å². The highest BCUT2D eigenvalue weighted by atomic mass is 79.9. The van der Waals surface area contributed by atoms with Gasteiger partial charge >= 0.3 is 0 Å². The van der Waals surface area contributed by atoms with Crippen molar-refractivity contribution in [3.05, 3.63) is 34.3 Å².